The zero-order valence-corrected chi connectivity index (χ0v) is 13.0. The first kappa shape index (κ1) is 14.9. The summed E-state index contributed by atoms with van der Waals surface area (Å²) in [5, 5.41) is 16.0. The minimum atomic E-state index is -0.0769. The fraction of sp³-hybridized carbons (Fsp3) is 0.500. The van der Waals surface area contributed by atoms with Gasteiger partial charge in [-0.15, -0.1) is 11.3 Å². The Morgan fingerprint density at radius 1 is 1.50 bits per heavy atom. The minimum absolute atomic E-state index is 0.0769. The van der Waals surface area contributed by atoms with E-state index in [1.165, 1.54) is 4.88 Å². The Morgan fingerprint density at radius 2 is 2.30 bits per heavy atom. The summed E-state index contributed by atoms with van der Waals surface area (Å²) in [4.78, 5) is 12.9. The molecule has 1 aromatic rings. The van der Waals surface area contributed by atoms with Crippen molar-refractivity contribution in [1.29, 1.82) is 5.26 Å². The molecule has 1 amide bonds. The number of nitrogens with one attached hydrogen (secondary N) is 2. The second kappa shape index (κ2) is 6.82. The maximum Gasteiger partial charge on any atom is 0.226 e. The van der Waals surface area contributed by atoms with Crippen molar-refractivity contribution < 1.29 is 4.79 Å². The molecule has 0 fully saturated rings. The van der Waals surface area contributed by atoms with E-state index >= 15 is 0 Å². The summed E-state index contributed by atoms with van der Waals surface area (Å²) in [5.74, 6) is -0.0769. The van der Waals surface area contributed by atoms with Crippen LogP contribution in [0.15, 0.2) is 0 Å². The molecule has 1 heterocycles. The highest BCUT2D eigenvalue weighted by atomic mass is 32.1. The number of anilines is 1. The molecule has 0 saturated carbocycles. The molecule has 4 nitrogen and oxygen atoms in total. The van der Waals surface area contributed by atoms with E-state index in [1.54, 1.807) is 11.3 Å². The first-order valence-electron chi connectivity index (χ1n) is 6.81. The standard InChI is InChI=1S/C14H17N3OS2/c1-2-3-7-12(18)16-14(19)17-13-10(8-15)9-5-4-6-11(9)20-13/h2-7H2,1H3,(H2,16,17,18,19). The summed E-state index contributed by atoms with van der Waals surface area (Å²) >= 11 is 6.71. The van der Waals surface area contributed by atoms with Crippen LogP contribution in [0.3, 0.4) is 0 Å². The number of thiocarbonyl (C=S) groups is 1. The molecule has 0 unspecified atom stereocenters. The maximum absolute atomic E-state index is 11.6. The number of amides is 1. The predicted molar refractivity (Wildman–Crippen MR) is 84.9 cm³/mol. The average molecular weight is 307 g/mol. The lowest BCUT2D eigenvalue weighted by Gasteiger charge is -2.08. The Morgan fingerprint density at radius 3 is 3.00 bits per heavy atom. The number of hydrogen-bond donors (Lipinski definition) is 2. The van der Waals surface area contributed by atoms with Crippen molar-refractivity contribution in [3.63, 3.8) is 0 Å². The molecule has 0 bridgehead atoms. The van der Waals surface area contributed by atoms with Gasteiger partial charge in [0.25, 0.3) is 0 Å². The number of hydrogen-bond acceptors (Lipinski definition) is 4. The fourth-order valence-corrected chi connectivity index (χ4v) is 3.80. The van der Waals surface area contributed by atoms with Gasteiger partial charge in [-0.05, 0) is 43.5 Å². The van der Waals surface area contributed by atoms with Crippen molar-refractivity contribution in [3.8, 4) is 6.07 Å². The third kappa shape index (κ3) is 3.35. The van der Waals surface area contributed by atoms with Gasteiger partial charge in [0.15, 0.2) is 5.11 Å². The van der Waals surface area contributed by atoms with Crippen molar-refractivity contribution in [2.45, 2.75) is 45.4 Å². The number of thiophene rings is 1. The number of nitriles is 1. The van der Waals surface area contributed by atoms with Gasteiger partial charge < -0.3 is 10.6 Å². The van der Waals surface area contributed by atoms with Crippen LogP contribution in [0.2, 0.25) is 0 Å². The Labute approximate surface area is 128 Å². The smallest absolute Gasteiger partial charge is 0.226 e. The van der Waals surface area contributed by atoms with Crippen LogP contribution in [0.1, 0.15) is 48.6 Å². The first-order valence-corrected chi connectivity index (χ1v) is 8.03. The lowest BCUT2D eigenvalue weighted by Crippen LogP contribution is -2.33. The lowest BCUT2D eigenvalue weighted by molar-refractivity contribution is -0.119. The zero-order chi connectivity index (χ0) is 14.5. The van der Waals surface area contributed by atoms with Crippen molar-refractivity contribution in [2.75, 3.05) is 5.32 Å². The number of rotatable bonds is 4. The summed E-state index contributed by atoms with van der Waals surface area (Å²) in [7, 11) is 0. The van der Waals surface area contributed by atoms with Gasteiger partial charge in [-0.25, -0.2) is 0 Å². The molecular formula is C14H17N3OS2. The maximum atomic E-state index is 11.6. The number of carbonyl (C=O) groups is 1. The van der Waals surface area contributed by atoms with E-state index in [-0.39, 0.29) is 11.0 Å². The highest BCUT2D eigenvalue weighted by molar-refractivity contribution is 7.80. The molecule has 2 rings (SSSR count). The van der Waals surface area contributed by atoms with E-state index in [0.29, 0.717) is 12.0 Å². The van der Waals surface area contributed by atoms with Crippen LogP contribution in [0.25, 0.3) is 0 Å². The largest absolute Gasteiger partial charge is 0.323 e. The fourth-order valence-electron chi connectivity index (χ4n) is 2.27. The molecule has 0 aliphatic heterocycles. The summed E-state index contributed by atoms with van der Waals surface area (Å²) in [5.41, 5.74) is 1.84. The third-order valence-electron chi connectivity index (χ3n) is 3.27. The van der Waals surface area contributed by atoms with E-state index in [9.17, 15) is 10.1 Å². The second-order valence-electron chi connectivity index (χ2n) is 4.78. The van der Waals surface area contributed by atoms with Crippen molar-refractivity contribution in [3.05, 3.63) is 16.0 Å². The topological polar surface area (TPSA) is 64.9 Å². The van der Waals surface area contributed by atoms with E-state index in [4.69, 9.17) is 12.2 Å². The number of nitrogens with zero attached hydrogens (tertiary/aromatic N) is 1. The number of aryl methyl sites for hydroxylation is 1. The van der Waals surface area contributed by atoms with Crippen LogP contribution >= 0.6 is 23.6 Å². The number of unbranched alkanes of at least 4 members (excludes halogenated alkanes) is 1. The zero-order valence-electron chi connectivity index (χ0n) is 11.4. The molecule has 2 N–H and O–H groups in total. The molecular weight excluding hydrogens is 290 g/mol. The van der Waals surface area contributed by atoms with Gasteiger partial charge in [-0.2, -0.15) is 5.26 Å². The SMILES string of the molecule is CCCCC(=O)NC(=S)Nc1sc2c(c1C#N)CCC2. The molecule has 20 heavy (non-hydrogen) atoms. The molecule has 0 saturated heterocycles. The van der Waals surface area contributed by atoms with Crippen LogP contribution in [-0.4, -0.2) is 11.0 Å². The van der Waals surface area contributed by atoms with Gasteiger partial charge in [0.1, 0.15) is 11.1 Å². The van der Waals surface area contributed by atoms with Crippen LogP contribution in [0.4, 0.5) is 5.00 Å². The number of carbonyl (C=O) groups excluding carboxylic acids is 1. The molecule has 1 aliphatic carbocycles. The molecule has 106 valence electrons. The molecule has 6 heteroatoms. The summed E-state index contributed by atoms with van der Waals surface area (Å²) in [6.07, 6.45) is 5.42. The predicted octanol–water partition coefficient (Wildman–Crippen LogP) is 3.11. The van der Waals surface area contributed by atoms with E-state index in [0.717, 1.165) is 42.7 Å². The van der Waals surface area contributed by atoms with Crippen LogP contribution in [-0.2, 0) is 17.6 Å². The van der Waals surface area contributed by atoms with Crippen molar-refractivity contribution in [1.82, 2.24) is 5.32 Å². The molecule has 0 radical (unpaired) electrons. The van der Waals surface area contributed by atoms with Gasteiger partial charge in [-0.3, -0.25) is 4.79 Å². The van der Waals surface area contributed by atoms with Gasteiger partial charge >= 0.3 is 0 Å². The lowest BCUT2D eigenvalue weighted by atomic mass is 10.1. The first-order chi connectivity index (χ1) is 9.65. The quantitative estimate of drug-likeness (QED) is 0.839. The third-order valence-corrected chi connectivity index (χ3v) is 4.68. The Hall–Kier alpha value is -1.45. The van der Waals surface area contributed by atoms with Gasteiger partial charge in [0, 0.05) is 11.3 Å². The Bertz CT molecular complexity index is 572. The van der Waals surface area contributed by atoms with Gasteiger partial charge in [-0.1, -0.05) is 13.3 Å². The Kier molecular flexibility index (Phi) is 5.10. The van der Waals surface area contributed by atoms with Crippen LogP contribution < -0.4 is 10.6 Å². The van der Waals surface area contributed by atoms with E-state index in [1.807, 2.05) is 6.92 Å². The molecule has 0 atom stereocenters. The van der Waals surface area contributed by atoms with Gasteiger partial charge in [0.2, 0.25) is 5.91 Å². The second-order valence-corrected chi connectivity index (χ2v) is 6.29. The van der Waals surface area contributed by atoms with Crippen molar-refractivity contribution >= 4 is 39.6 Å². The Balaban J connectivity index is 1.99. The van der Waals surface area contributed by atoms with Crippen molar-refractivity contribution in [2.24, 2.45) is 0 Å². The van der Waals surface area contributed by atoms with Crippen LogP contribution in [0.5, 0.6) is 0 Å². The van der Waals surface area contributed by atoms with E-state index in [2.05, 4.69) is 16.7 Å². The summed E-state index contributed by atoms with van der Waals surface area (Å²) in [6.45, 7) is 2.04. The van der Waals surface area contributed by atoms with Crippen LogP contribution in [0, 0.1) is 11.3 Å². The normalized spacial score (nSPS) is 12.6. The monoisotopic (exact) mass is 307 g/mol. The summed E-state index contributed by atoms with van der Waals surface area (Å²) in [6, 6.07) is 2.24. The highest BCUT2D eigenvalue weighted by Crippen LogP contribution is 2.38. The molecule has 1 aliphatic rings. The van der Waals surface area contributed by atoms with E-state index < -0.39 is 0 Å². The molecule has 0 aromatic carbocycles. The minimum Gasteiger partial charge on any atom is -0.323 e. The average Bonchev–Trinajstić information content (AvgIpc) is 2.96. The molecule has 1 aromatic heterocycles. The summed E-state index contributed by atoms with van der Waals surface area (Å²) < 4.78 is 0. The highest BCUT2D eigenvalue weighted by Gasteiger charge is 2.22. The van der Waals surface area contributed by atoms with Gasteiger partial charge in [0.05, 0.1) is 5.56 Å². The molecule has 0 spiro atoms. The number of fused-ring (bicyclic) bond motifs is 1.